The van der Waals surface area contributed by atoms with E-state index >= 15 is 0 Å². The highest BCUT2D eigenvalue weighted by atomic mass is 32.2. The molecule has 6 nitrogen and oxygen atoms in total. The number of nitrogens with two attached hydrogens (primary N) is 1. The lowest BCUT2D eigenvalue weighted by molar-refractivity contribution is 0.311. The minimum absolute atomic E-state index is 0.0531. The van der Waals surface area contributed by atoms with Crippen molar-refractivity contribution in [2.24, 2.45) is 10.9 Å². The van der Waals surface area contributed by atoms with Crippen molar-refractivity contribution in [1.29, 1.82) is 0 Å². The van der Waals surface area contributed by atoms with Crippen LogP contribution in [0.1, 0.15) is 12.8 Å². The van der Waals surface area contributed by atoms with Crippen molar-refractivity contribution in [3.8, 4) is 0 Å². The smallest absolute Gasteiger partial charge is 0.253 e. The molecule has 1 atom stereocenters. The summed E-state index contributed by atoms with van der Waals surface area (Å²) >= 11 is 1.17. The molecule has 1 fully saturated rings. The average molecular weight is 275 g/mol. The molecule has 0 spiro atoms. The van der Waals surface area contributed by atoms with Crippen LogP contribution < -0.4 is 5.73 Å². The maximum atomic E-state index is 12.3. The van der Waals surface area contributed by atoms with Crippen molar-refractivity contribution >= 4 is 27.2 Å². The van der Waals surface area contributed by atoms with Crippen molar-refractivity contribution in [2.75, 3.05) is 6.54 Å². The van der Waals surface area contributed by atoms with E-state index in [9.17, 15) is 8.42 Å². The zero-order valence-corrected chi connectivity index (χ0v) is 10.6. The molecule has 0 bridgehead atoms. The van der Waals surface area contributed by atoms with E-state index in [1.807, 2.05) is 0 Å². The molecule has 1 unspecified atom stereocenters. The highest BCUT2D eigenvalue weighted by Crippen LogP contribution is 2.28. The third-order valence-electron chi connectivity index (χ3n) is 2.72. The van der Waals surface area contributed by atoms with Crippen LogP contribution in [0.15, 0.2) is 26.9 Å². The van der Waals surface area contributed by atoms with Gasteiger partial charge in [0.2, 0.25) is 0 Å². The van der Waals surface area contributed by atoms with Crippen LogP contribution in [0.2, 0.25) is 0 Å². The Morgan fingerprint density at radius 2 is 2.41 bits per heavy atom. The Morgan fingerprint density at radius 1 is 1.65 bits per heavy atom. The SMILES string of the molecule is NC(=NO)C1CCCN1S(=O)(=O)c1cccs1. The summed E-state index contributed by atoms with van der Waals surface area (Å²) in [6, 6.07) is 2.71. The quantitative estimate of drug-likeness (QED) is 0.366. The highest BCUT2D eigenvalue weighted by molar-refractivity contribution is 7.91. The van der Waals surface area contributed by atoms with Crippen molar-refractivity contribution in [3.63, 3.8) is 0 Å². The van der Waals surface area contributed by atoms with Gasteiger partial charge in [-0.1, -0.05) is 11.2 Å². The molecule has 94 valence electrons. The van der Waals surface area contributed by atoms with Crippen LogP contribution in [0.3, 0.4) is 0 Å². The van der Waals surface area contributed by atoms with E-state index in [1.165, 1.54) is 15.6 Å². The van der Waals surface area contributed by atoms with Crippen LogP contribution in [0, 0.1) is 0 Å². The first kappa shape index (κ1) is 12.3. The van der Waals surface area contributed by atoms with Gasteiger partial charge in [0.1, 0.15) is 4.21 Å². The molecule has 17 heavy (non-hydrogen) atoms. The largest absolute Gasteiger partial charge is 0.409 e. The molecule has 0 radical (unpaired) electrons. The van der Waals surface area contributed by atoms with E-state index < -0.39 is 16.1 Å². The maximum absolute atomic E-state index is 12.3. The van der Waals surface area contributed by atoms with Crippen LogP contribution in [-0.2, 0) is 10.0 Å². The van der Waals surface area contributed by atoms with Crippen molar-refractivity contribution in [2.45, 2.75) is 23.1 Å². The second-order valence-corrected chi connectivity index (χ2v) is 6.80. The molecule has 3 N–H and O–H groups in total. The number of oxime groups is 1. The number of hydrogen-bond donors (Lipinski definition) is 2. The monoisotopic (exact) mass is 275 g/mol. The molecular formula is C9H13N3O3S2. The third kappa shape index (κ3) is 2.15. The predicted octanol–water partition coefficient (Wildman–Crippen LogP) is 0.648. The topological polar surface area (TPSA) is 96.0 Å². The van der Waals surface area contributed by atoms with Gasteiger partial charge in [-0.25, -0.2) is 8.42 Å². The molecule has 1 aromatic heterocycles. The molecule has 1 aliphatic heterocycles. The molecule has 2 heterocycles. The second-order valence-electron chi connectivity index (χ2n) is 3.73. The Labute approximate surface area is 103 Å². The number of amidine groups is 1. The van der Waals surface area contributed by atoms with Gasteiger partial charge in [0.25, 0.3) is 10.0 Å². The van der Waals surface area contributed by atoms with Crippen LogP contribution in [0.5, 0.6) is 0 Å². The highest BCUT2D eigenvalue weighted by Gasteiger charge is 2.38. The molecule has 0 saturated carbocycles. The van der Waals surface area contributed by atoms with Crippen molar-refractivity contribution in [3.05, 3.63) is 17.5 Å². The summed E-state index contributed by atoms with van der Waals surface area (Å²) in [5, 5.41) is 13.3. The van der Waals surface area contributed by atoms with Gasteiger partial charge in [-0.05, 0) is 24.3 Å². The molecule has 1 aromatic rings. The fourth-order valence-electron chi connectivity index (χ4n) is 1.92. The molecular weight excluding hydrogens is 262 g/mol. The summed E-state index contributed by atoms with van der Waals surface area (Å²) in [5.74, 6) is -0.0531. The third-order valence-corrected chi connectivity index (χ3v) is 6.00. The summed E-state index contributed by atoms with van der Waals surface area (Å²) in [7, 11) is -3.52. The van der Waals surface area contributed by atoms with Crippen LogP contribution in [-0.4, -0.2) is 36.4 Å². The number of rotatable bonds is 3. The zero-order chi connectivity index (χ0) is 12.5. The Hall–Kier alpha value is -1.12. The normalized spacial score (nSPS) is 23.1. The molecule has 1 aliphatic rings. The van der Waals surface area contributed by atoms with E-state index in [0.717, 1.165) is 0 Å². The second kappa shape index (κ2) is 4.63. The molecule has 2 rings (SSSR count). The number of sulfonamides is 1. The van der Waals surface area contributed by atoms with Crippen LogP contribution >= 0.6 is 11.3 Å². The Kier molecular flexibility index (Phi) is 3.36. The van der Waals surface area contributed by atoms with Crippen molar-refractivity contribution in [1.82, 2.24) is 4.31 Å². The number of nitrogens with zero attached hydrogens (tertiary/aromatic N) is 2. The van der Waals surface area contributed by atoms with Gasteiger partial charge in [-0.2, -0.15) is 4.31 Å². The summed E-state index contributed by atoms with van der Waals surface area (Å²) < 4.78 is 26.1. The lowest BCUT2D eigenvalue weighted by Crippen LogP contribution is -2.43. The lowest BCUT2D eigenvalue weighted by Gasteiger charge is -2.21. The van der Waals surface area contributed by atoms with Gasteiger partial charge in [0, 0.05) is 6.54 Å². The Balaban J connectivity index is 2.34. The van der Waals surface area contributed by atoms with E-state index in [1.54, 1.807) is 17.5 Å². The van der Waals surface area contributed by atoms with Gasteiger partial charge in [0.15, 0.2) is 5.84 Å². The zero-order valence-electron chi connectivity index (χ0n) is 8.98. The van der Waals surface area contributed by atoms with Crippen LogP contribution in [0.25, 0.3) is 0 Å². The Bertz CT molecular complexity index is 510. The maximum Gasteiger partial charge on any atom is 0.253 e. The average Bonchev–Trinajstić information content (AvgIpc) is 2.98. The lowest BCUT2D eigenvalue weighted by atomic mass is 10.2. The standard InChI is InChI=1S/C9H13N3O3S2/c10-9(11-13)7-3-1-5-12(7)17(14,15)8-4-2-6-16-8/h2,4,6-7,13H,1,3,5H2,(H2,10,11). The molecule has 8 heteroatoms. The van der Waals surface area contributed by atoms with E-state index in [0.29, 0.717) is 19.4 Å². The van der Waals surface area contributed by atoms with Gasteiger partial charge in [-0.15, -0.1) is 11.3 Å². The first-order valence-corrected chi connectivity index (χ1v) is 7.42. The molecule has 0 aromatic carbocycles. The summed E-state index contributed by atoms with van der Waals surface area (Å²) in [6.45, 7) is 0.404. The van der Waals surface area contributed by atoms with Gasteiger partial charge >= 0.3 is 0 Å². The fourth-order valence-corrected chi connectivity index (χ4v) is 4.70. The minimum Gasteiger partial charge on any atom is -0.409 e. The van der Waals surface area contributed by atoms with Gasteiger partial charge < -0.3 is 10.9 Å². The predicted molar refractivity (Wildman–Crippen MR) is 64.6 cm³/mol. The number of thiophene rings is 1. The molecule has 0 amide bonds. The minimum atomic E-state index is -3.52. The van der Waals surface area contributed by atoms with Crippen molar-refractivity contribution < 1.29 is 13.6 Å². The number of hydrogen-bond acceptors (Lipinski definition) is 5. The first-order chi connectivity index (χ1) is 8.07. The van der Waals surface area contributed by atoms with E-state index in [-0.39, 0.29) is 10.0 Å². The van der Waals surface area contributed by atoms with E-state index in [4.69, 9.17) is 10.9 Å². The van der Waals surface area contributed by atoms with Crippen LogP contribution in [0.4, 0.5) is 0 Å². The summed E-state index contributed by atoms with van der Waals surface area (Å²) in [4.78, 5) is 0. The first-order valence-electron chi connectivity index (χ1n) is 5.10. The summed E-state index contributed by atoms with van der Waals surface area (Å²) in [6.07, 6.45) is 1.30. The molecule has 1 saturated heterocycles. The summed E-state index contributed by atoms with van der Waals surface area (Å²) in [5.41, 5.74) is 5.52. The van der Waals surface area contributed by atoms with Gasteiger partial charge in [-0.3, -0.25) is 0 Å². The Morgan fingerprint density at radius 3 is 3.00 bits per heavy atom. The van der Waals surface area contributed by atoms with Gasteiger partial charge in [0.05, 0.1) is 6.04 Å². The van der Waals surface area contributed by atoms with E-state index in [2.05, 4.69) is 5.16 Å². The molecule has 0 aliphatic carbocycles. The fraction of sp³-hybridized carbons (Fsp3) is 0.444.